The molecular formula is C12H15BrClO3P. The fraction of sp³-hybridized carbons (Fsp3) is 0.333. The van der Waals surface area contributed by atoms with E-state index in [1.54, 1.807) is 19.9 Å². The summed E-state index contributed by atoms with van der Waals surface area (Å²) in [6.07, 6.45) is 1.60. The van der Waals surface area contributed by atoms with Gasteiger partial charge in [0.05, 0.1) is 13.2 Å². The zero-order valence-electron chi connectivity index (χ0n) is 10.2. The Bertz CT molecular complexity index is 449. The van der Waals surface area contributed by atoms with Crippen molar-refractivity contribution in [3.8, 4) is 0 Å². The predicted molar refractivity (Wildman–Crippen MR) is 78.8 cm³/mol. The van der Waals surface area contributed by atoms with E-state index in [2.05, 4.69) is 15.9 Å². The van der Waals surface area contributed by atoms with E-state index in [1.165, 1.54) is 0 Å². The van der Waals surface area contributed by atoms with Gasteiger partial charge in [-0.2, -0.15) is 0 Å². The highest BCUT2D eigenvalue weighted by molar-refractivity contribution is 9.10. The molecule has 0 saturated carbocycles. The van der Waals surface area contributed by atoms with Crippen LogP contribution in [0.4, 0.5) is 0 Å². The van der Waals surface area contributed by atoms with Crippen LogP contribution in [0.25, 0.3) is 6.08 Å². The number of hydrogen-bond donors (Lipinski definition) is 0. The molecule has 100 valence electrons. The summed E-state index contributed by atoms with van der Waals surface area (Å²) in [5, 5.41) is 0. The van der Waals surface area contributed by atoms with Crippen LogP contribution in [0.3, 0.4) is 0 Å². The largest absolute Gasteiger partial charge is 0.372 e. The quantitative estimate of drug-likeness (QED) is 0.655. The molecule has 0 aliphatic carbocycles. The second-order valence-corrected chi connectivity index (χ2v) is 6.93. The molecule has 0 aliphatic rings. The lowest BCUT2D eigenvalue weighted by Gasteiger charge is -2.15. The molecule has 18 heavy (non-hydrogen) atoms. The third kappa shape index (κ3) is 4.52. The van der Waals surface area contributed by atoms with E-state index in [-0.39, 0.29) is 18.0 Å². The number of halogens is 2. The average molecular weight is 354 g/mol. The summed E-state index contributed by atoms with van der Waals surface area (Å²) in [7, 11) is -3.37. The van der Waals surface area contributed by atoms with Crippen LogP contribution in [0.15, 0.2) is 33.5 Å². The minimum Gasteiger partial charge on any atom is -0.305 e. The Kier molecular flexibility index (Phi) is 6.61. The summed E-state index contributed by atoms with van der Waals surface area (Å²) in [4.78, 5) is 0. The molecule has 0 aromatic heterocycles. The van der Waals surface area contributed by atoms with Crippen molar-refractivity contribution in [1.29, 1.82) is 0 Å². The first-order valence-electron chi connectivity index (χ1n) is 5.54. The first-order valence-corrected chi connectivity index (χ1v) is 8.25. The first kappa shape index (κ1) is 15.9. The molecular weight excluding hydrogens is 338 g/mol. The number of rotatable bonds is 6. The summed E-state index contributed by atoms with van der Waals surface area (Å²) in [5.41, 5.74) is 0.836. The molecule has 0 heterocycles. The Morgan fingerprint density at radius 2 is 1.78 bits per heavy atom. The average Bonchev–Trinajstić information content (AvgIpc) is 2.32. The van der Waals surface area contributed by atoms with E-state index < -0.39 is 7.60 Å². The molecule has 0 fully saturated rings. The Balaban J connectivity index is 2.98. The van der Waals surface area contributed by atoms with Gasteiger partial charge in [0.1, 0.15) is 4.77 Å². The van der Waals surface area contributed by atoms with Crippen molar-refractivity contribution in [2.45, 2.75) is 13.8 Å². The van der Waals surface area contributed by atoms with Crippen LogP contribution in [0, 0.1) is 0 Å². The van der Waals surface area contributed by atoms with Gasteiger partial charge < -0.3 is 9.05 Å². The molecule has 0 amide bonds. The molecule has 0 aliphatic heterocycles. The standard InChI is InChI=1S/C12H15BrClO3P/c1-3-16-18(15,17-4-2)12(14)9-10-5-7-11(13)8-6-10/h5-9H,3-4H2,1-2H3/b12-9-. The summed E-state index contributed by atoms with van der Waals surface area (Å²) in [6.45, 7) is 4.05. The van der Waals surface area contributed by atoms with Gasteiger partial charge in [0, 0.05) is 4.47 Å². The minimum absolute atomic E-state index is 0.0912. The lowest BCUT2D eigenvalue weighted by Crippen LogP contribution is -1.95. The fourth-order valence-corrected chi connectivity index (χ4v) is 3.27. The van der Waals surface area contributed by atoms with Crippen molar-refractivity contribution in [3.63, 3.8) is 0 Å². The molecule has 0 unspecified atom stereocenters. The molecule has 1 rings (SSSR count). The van der Waals surface area contributed by atoms with Crippen LogP contribution in [0.2, 0.25) is 0 Å². The molecule has 0 radical (unpaired) electrons. The van der Waals surface area contributed by atoms with E-state index in [9.17, 15) is 4.57 Å². The third-order valence-corrected chi connectivity index (χ3v) is 5.12. The van der Waals surface area contributed by atoms with Gasteiger partial charge in [0.25, 0.3) is 0 Å². The van der Waals surface area contributed by atoms with Crippen molar-refractivity contribution in [1.82, 2.24) is 0 Å². The smallest absolute Gasteiger partial charge is 0.305 e. The van der Waals surface area contributed by atoms with Crippen molar-refractivity contribution in [2.24, 2.45) is 0 Å². The third-order valence-electron chi connectivity index (χ3n) is 2.02. The molecule has 1 aromatic carbocycles. The molecule has 0 bridgehead atoms. The molecule has 6 heteroatoms. The van der Waals surface area contributed by atoms with Gasteiger partial charge in [-0.25, -0.2) is 0 Å². The van der Waals surface area contributed by atoms with Gasteiger partial charge in [-0.05, 0) is 37.6 Å². The van der Waals surface area contributed by atoms with Gasteiger partial charge in [-0.1, -0.05) is 39.7 Å². The highest BCUT2D eigenvalue weighted by Crippen LogP contribution is 2.58. The topological polar surface area (TPSA) is 35.5 Å². The second-order valence-electron chi connectivity index (χ2n) is 3.35. The molecule has 0 N–H and O–H groups in total. The zero-order chi connectivity index (χ0) is 13.6. The van der Waals surface area contributed by atoms with Crippen molar-refractivity contribution < 1.29 is 13.6 Å². The van der Waals surface area contributed by atoms with E-state index >= 15 is 0 Å². The maximum Gasteiger partial charge on any atom is 0.372 e. The van der Waals surface area contributed by atoms with Crippen LogP contribution in [0.1, 0.15) is 19.4 Å². The Labute approximate surface area is 121 Å². The monoisotopic (exact) mass is 352 g/mol. The fourth-order valence-electron chi connectivity index (χ4n) is 1.28. The lowest BCUT2D eigenvalue weighted by molar-refractivity contribution is 0.228. The van der Waals surface area contributed by atoms with E-state index in [4.69, 9.17) is 20.6 Å². The zero-order valence-corrected chi connectivity index (χ0v) is 13.5. The van der Waals surface area contributed by atoms with Gasteiger partial charge >= 0.3 is 7.60 Å². The van der Waals surface area contributed by atoms with Crippen LogP contribution < -0.4 is 0 Å². The molecule has 3 nitrogen and oxygen atoms in total. The second kappa shape index (κ2) is 7.46. The van der Waals surface area contributed by atoms with Gasteiger partial charge in [-0.3, -0.25) is 4.57 Å². The SMILES string of the molecule is CCOP(=O)(OCC)/C(Cl)=C\c1ccc(Br)cc1. The highest BCUT2D eigenvalue weighted by Gasteiger charge is 2.28. The Hall–Kier alpha value is -0.120. The maximum absolute atomic E-state index is 12.3. The van der Waals surface area contributed by atoms with Gasteiger partial charge in [0.15, 0.2) is 0 Å². The van der Waals surface area contributed by atoms with Crippen LogP contribution in [-0.2, 0) is 13.6 Å². The summed E-state index contributed by atoms with van der Waals surface area (Å²) >= 11 is 9.40. The molecule has 0 atom stereocenters. The first-order chi connectivity index (χ1) is 8.51. The lowest BCUT2D eigenvalue weighted by atomic mass is 10.2. The van der Waals surface area contributed by atoms with Gasteiger partial charge in [0.2, 0.25) is 0 Å². The van der Waals surface area contributed by atoms with Crippen LogP contribution in [-0.4, -0.2) is 13.2 Å². The molecule has 0 spiro atoms. The summed E-state index contributed by atoms with van der Waals surface area (Å²) < 4.78 is 23.7. The molecule has 0 saturated heterocycles. The maximum atomic E-state index is 12.3. The van der Waals surface area contributed by atoms with Crippen LogP contribution >= 0.6 is 35.1 Å². The Morgan fingerprint density at radius 3 is 2.22 bits per heavy atom. The van der Waals surface area contributed by atoms with Crippen molar-refractivity contribution in [3.05, 3.63) is 39.1 Å². The highest BCUT2D eigenvalue weighted by atomic mass is 79.9. The Morgan fingerprint density at radius 1 is 1.28 bits per heavy atom. The minimum atomic E-state index is -3.37. The van der Waals surface area contributed by atoms with Crippen LogP contribution in [0.5, 0.6) is 0 Å². The normalized spacial score (nSPS) is 12.8. The van der Waals surface area contributed by atoms with E-state index in [0.717, 1.165) is 10.0 Å². The van der Waals surface area contributed by atoms with Crippen molar-refractivity contribution >= 4 is 41.2 Å². The number of hydrogen-bond acceptors (Lipinski definition) is 3. The number of benzene rings is 1. The summed E-state index contributed by atoms with van der Waals surface area (Å²) in [5.74, 6) is 0. The van der Waals surface area contributed by atoms with Crippen molar-refractivity contribution in [2.75, 3.05) is 13.2 Å². The van der Waals surface area contributed by atoms with Gasteiger partial charge in [-0.15, -0.1) is 0 Å². The molecule has 1 aromatic rings. The van der Waals surface area contributed by atoms with E-state index in [1.807, 2.05) is 24.3 Å². The summed E-state index contributed by atoms with van der Waals surface area (Å²) in [6, 6.07) is 7.47. The van der Waals surface area contributed by atoms with E-state index in [0.29, 0.717) is 0 Å². The predicted octanol–water partition coefficient (Wildman–Crippen LogP) is 5.25.